The van der Waals surface area contributed by atoms with Crippen LogP contribution in [0.25, 0.3) is 16.7 Å². The smallest absolute Gasteiger partial charge is 0.283 e. The fraction of sp³-hybridized carbons (Fsp3) is 0.143. The van der Waals surface area contributed by atoms with E-state index < -0.39 is 11.5 Å². The van der Waals surface area contributed by atoms with E-state index in [0.717, 1.165) is 21.5 Å². The number of aromatic nitrogens is 4. The lowest BCUT2D eigenvalue weighted by Crippen LogP contribution is -2.33. The van der Waals surface area contributed by atoms with Crippen molar-refractivity contribution in [2.24, 2.45) is 0 Å². The third kappa shape index (κ3) is 3.42. The number of ether oxygens (including phenoxy) is 1. The molecule has 0 aliphatic rings. The van der Waals surface area contributed by atoms with Crippen molar-refractivity contribution in [1.82, 2.24) is 19.4 Å². The lowest BCUT2D eigenvalue weighted by Gasteiger charge is -2.11. The number of rotatable bonds is 4. The molecule has 0 unspecified atom stereocenters. The fourth-order valence-electron chi connectivity index (χ4n) is 3.06. The molecule has 0 spiro atoms. The van der Waals surface area contributed by atoms with E-state index in [4.69, 9.17) is 16.3 Å². The van der Waals surface area contributed by atoms with Crippen LogP contribution in [-0.4, -0.2) is 32.5 Å². The van der Waals surface area contributed by atoms with Crippen LogP contribution < -0.4 is 15.7 Å². The molecular formula is C21H18ClN5O3. The quantitative estimate of drug-likeness (QED) is 0.544. The van der Waals surface area contributed by atoms with Crippen LogP contribution in [0.5, 0.6) is 5.75 Å². The number of amides is 1. The molecule has 1 amide bonds. The van der Waals surface area contributed by atoms with Gasteiger partial charge in [-0.25, -0.2) is 14.3 Å². The van der Waals surface area contributed by atoms with Crippen molar-refractivity contribution >= 4 is 28.5 Å². The highest BCUT2D eigenvalue weighted by Gasteiger charge is 2.16. The third-order valence-corrected chi connectivity index (χ3v) is 5.09. The molecule has 152 valence electrons. The number of hydrogen-bond donors (Lipinski definition) is 1. The molecule has 0 radical (unpaired) electrons. The molecule has 9 heteroatoms. The van der Waals surface area contributed by atoms with Gasteiger partial charge < -0.3 is 4.74 Å². The Balaban J connectivity index is 1.71. The molecule has 0 fully saturated rings. The van der Waals surface area contributed by atoms with Crippen molar-refractivity contribution < 1.29 is 9.53 Å². The molecule has 0 atom stereocenters. The first-order valence-corrected chi connectivity index (χ1v) is 9.44. The zero-order valence-corrected chi connectivity index (χ0v) is 17.3. The van der Waals surface area contributed by atoms with Crippen LogP contribution in [0, 0.1) is 13.8 Å². The van der Waals surface area contributed by atoms with Crippen molar-refractivity contribution in [3.63, 3.8) is 0 Å². The molecule has 0 aliphatic carbocycles. The van der Waals surface area contributed by atoms with Crippen LogP contribution in [0.2, 0.25) is 5.02 Å². The van der Waals surface area contributed by atoms with E-state index in [9.17, 15) is 9.59 Å². The molecule has 2 aromatic heterocycles. The van der Waals surface area contributed by atoms with Crippen molar-refractivity contribution in [1.29, 1.82) is 0 Å². The molecule has 2 heterocycles. The van der Waals surface area contributed by atoms with Crippen molar-refractivity contribution in [2.45, 2.75) is 13.8 Å². The topological polar surface area (TPSA) is 91.0 Å². The molecule has 0 saturated heterocycles. The summed E-state index contributed by atoms with van der Waals surface area (Å²) >= 11 is 5.98. The van der Waals surface area contributed by atoms with Gasteiger partial charge in [0.2, 0.25) is 0 Å². The second-order valence-corrected chi connectivity index (χ2v) is 7.20. The minimum atomic E-state index is -0.556. The van der Waals surface area contributed by atoms with E-state index in [1.165, 1.54) is 25.7 Å². The summed E-state index contributed by atoms with van der Waals surface area (Å²) in [6.45, 7) is 4.03. The standard InChI is InChI=1S/C21H18ClN5O3/c1-12-4-6-15(8-13(12)2)27-19-17(10-24-27)21(29)26(11-23-19)25-20(28)16-9-14(22)5-7-18(16)30-3/h4-11H,1-3H3,(H,25,28). The van der Waals surface area contributed by atoms with Gasteiger partial charge in [0.15, 0.2) is 5.65 Å². The Labute approximate surface area is 176 Å². The first kappa shape index (κ1) is 19.7. The molecule has 0 saturated carbocycles. The monoisotopic (exact) mass is 423 g/mol. The highest BCUT2D eigenvalue weighted by atomic mass is 35.5. The van der Waals surface area contributed by atoms with E-state index in [1.807, 2.05) is 32.0 Å². The summed E-state index contributed by atoms with van der Waals surface area (Å²) in [6.07, 6.45) is 2.68. The van der Waals surface area contributed by atoms with Gasteiger partial charge in [0.1, 0.15) is 17.5 Å². The average molecular weight is 424 g/mol. The molecule has 0 aliphatic heterocycles. The highest BCUT2D eigenvalue weighted by Crippen LogP contribution is 2.22. The first-order chi connectivity index (χ1) is 14.4. The Kier molecular flexibility index (Phi) is 5.01. The summed E-state index contributed by atoms with van der Waals surface area (Å²) in [5.74, 6) is -0.222. The molecule has 8 nitrogen and oxygen atoms in total. The van der Waals surface area contributed by atoms with Gasteiger partial charge in [-0.1, -0.05) is 17.7 Å². The van der Waals surface area contributed by atoms with Gasteiger partial charge in [0.25, 0.3) is 11.5 Å². The third-order valence-electron chi connectivity index (χ3n) is 4.85. The summed E-state index contributed by atoms with van der Waals surface area (Å²) < 4.78 is 7.80. The number of benzene rings is 2. The fourth-order valence-corrected chi connectivity index (χ4v) is 3.24. The van der Waals surface area contributed by atoms with Crippen LogP contribution in [-0.2, 0) is 0 Å². The molecule has 0 bridgehead atoms. The second-order valence-electron chi connectivity index (χ2n) is 6.77. The minimum Gasteiger partial charge on any atom is -0.496 e. The zero-order valence-electron chi connectivity index (χ0n) is 16.5. The summed E-state index contributed by atoms with van der Waals surface area (Å²) in [5.41, 5.74) is 5.71. The van der Waals surface area contributed by atoms with E-state index in [1.54, 1.807) is 16.8 Å². The maximum absolute atomic E-state index is 12.9. The molecular weight excluding hydrogens is 406 g/mol. The van der Waals surface area contributed by atoms with Gasteiger partial charge >= 0.3 is 0 Å². The Morgan fingerprint density at radius 3 is 2.67 bits per heavy atom. The molecule has 1 N–H and O–H groups in total. The Morgan fingerprint density at radius 2 is 1.93 bits per heavy atom. The molecule has 2 aromatic carbocycles. The first-order valence-electron chi connectivity index (χ1n) is 9.07. The van der Waals surface area contributed by atoms with Crippen LogP contribution in [0.15, 0.2) is 53.7 Å². The predicted octanol–water partition coefficient (Wildman–Crippen LogP) is 3.24. The molecule has 30 heavy (non-hydrogen) atoms. The number of fused-ring (bicyclic) bond motifs is 1. The van der Waals surface area contributed by atoms with Gasteiger partial charge in [0.05, 0.1) is 24.6 Å². The van der Waals surface area contributed by atoms with Gasteiger partial charge in [-0.2, -0.15) is 5.10 Å². The van der Waals surface area contributed by atoms with Gasteiger partial charge in [0, 0.05) is 5.02 Å². The second kappa shape index (κ2) is 7.64. The largest absolute Gasteiger partial charge is 0.496 e. The zero-order chi connectivity index (χ0) is 21.4. The SMILES string of the molecule is COc1ccc(Cl)cc1C(=O)Nn1cnc2c(cnn2-c2ccc(C)c(C)c2)c1=O. The highest BCUT2D eigenvalue weighted by molar-refractivity contribution is 6.31. The minimum absolute atomic E-state index is 0.197. The number of nitrogens with one attached hydrogen (secondary N) is 1. The number of carbonyl (C=O) groups excluding carboxylic acids is 1. The van der Waals surface area contributed by atoms with Crippen LogP contribution in [0.1, 0.15) is 21.5 Å². The van der Waals surface area contributed by atoms with Crippen LogP contribution >= 0.6 is 11.6 Å². The Morgan fingerprint density at radius 1 is 1.13 bits per heavy atom. The number of carbonyl (C=O) groups is 1. The summed E-state index contributed by atoms with van der Waals surface area (Å²) in [4.78, 5) is 29.9. The lowest BCUT2D eigenvalue weighted by molar-refractivity contribution is 0.100. The van der Waals surface area contributed by atoms with E-state index in [0.29, 0.717) is 16.4 Å². The van der Waals surface area contributed by atoms with Gasteiger partial charge in [-0.05, 0) is 55.3 Å². The molecule has 4 rings (SSSR count). The van der Waals surface area contributed by atoms with Crippen LogP contribution in [0.3, 0.4) is 0 Å². The maximum Gasteiger partial charge on any atom is 0.283 e. The number of hydrogen-bond acceptors (Lipinski definition) is 5. The number of methoxy groups -OCH3 is 1. The average Bonchev–Trinajstić information content (AvgIpc) is 3.17. The summed E-state index contributed by atoms with van der Waals surface area (Å²) in [6, 6.07) is 10.5. The number of nitrogens with zero attached hydrogens (tertiary/aromatic N) is 4. The van der Waals surface area contributed by atoms with E-state index >= 15 is 0 Å². The summed E-state index contributed by atoms with van der Waals surface area (Å²) in [7, 11) is 1.45. The number of aryl methyl sites for hydroxylation is 2. The maximum atomic E-state index is 12.9. The normalized spacial score (nSPS) is 10.9. The van der Waals surface area contributed by atoms with Crippen LogP contribution in [0.4, 0.5) is 0 Å². The lowest BCUT2D eigenvalue weighted by atomic mass is 10.1. The van der Waals surface area contributed by atoms with Gasteiger partial charge in [-0.15, -0.1) is 0 Å². The number of halogens is 1. The van der Waals surface area contributed by atoms with Gasteiger partial charge in [-0.3, -0.25) is 15.0 Å². The van der Waals surface area contributed by atoms with E-state index in [-0.39, 0.29) is 10.9 Å². The van der Waals surface area contributed by atoms with Crippen molar-refractivity contribution in [2.75, 3.05) is 12.5 Å². The summed E-state index contributed by atoms with van der Waals surface area (Å²) in [5, 5.41) is 4.95. The van der Waals surface area contributed by atoms with E-state index in [2.05, 4.69) is 15.5 Å². The molecule has 4 aromatic rings. The Bertz CT molecular complexity index is 1340. The predicted molar refractivity (Wildman–Crippen MR) is 114 cm³/mol. The van der Waals surface area contributed by atoms with Crippen molar-refractivity contribution in [3.05, 3.63) is 81.0 Å². The Hall–Kier alpha value is -3.65. The van der Waals surface area contributed by atoms with Crippen molar-refractivity contribution in [3.8, 4) is 11.4 Å².